The third-order valence-electron chi connectivity index (χ3n) is 2.80. The summed E-state index contributed by atoms with van der Waals surface area (Å²) in [5, 5.41) is 23.3. The molecule has 0 atom stereocenters. The average molecular weight is 242 g/mol. The number of carboxylic acid groups (broad SMARTS) is 1. The molecule has 0 radical (unpaired) electrons. The van der Waals surface area contributed by atoms with Crippen LogP contribution in [0.25, 0.3) is 0 Å². The number of nitrogens with zero attached hydrogens (tertiary/aromatic N) is 4. The molecule has 9 heteroatoms. The third-order valence-corrected chi connectivity index (χ3v) is 2.80. The normalized spacial score (nSPS) is 18.8. The lowest BCUT2D eigenvalue weighted by atomic mass is 9.90. The number of rotatable bonds is 3. The Bertz CT molecular complexity index is 451. The minimum absolute atomic E-state index is 0.211. The van der Waals surface area contributed by atoms with Crippen molar-refractivity contribution in [2.45, 2.75) is 18.4 Å². The van der Waals surface area contributed by atoms with Crippen molar-refractivity contribution >= 4 is 11.9 Å². The molecule has 0 amide bonds. The molecule has 9 nitrogen and oxygen atoms in total. The lowest BCUT2D eigenvalue weighted by Gasteiger charge is -2.30. The molecule has 0 aromatic carbocycles. The van der Waals surface area contributed by atoms with E-state index in [4.69, 9.17) is 4.74 Å². The second-order valence-corrected chi connectivity index (χ2v) is 3.70. The quantitative estimate of drug-likeness (QED) is 0.574. The molecule has 2 rings (SSSR count). The Balaban J connectivity index is 2.38. The van der Waals surface area contributed by atoms with Crippen molar-refractivity contribution in [2.24, 2.45) is 0 Å². The van der Waals surface area contributed by atoms with Crippen LogP contribution in [0.1, 0.15) is 12.8 Å². The zero-order valence-electron chi connectivity index (χ0n) is 8.77. The molecule has 2 heterocycles. The van der Waals surface area contributed by atoms with Gasteiger partial charge in [0.15, 0.2) is 5.54 Å². The van der Waals surface area contributed by atoms with Crippen molar-refractivity contribution in [2.75, 3.05) is 13.2 Å². The van der Waals surface area contributed by atoms with Gasteiger partial charge in [0.05, 0.1) is 0 Å². The van der Waals surface area contributed by atoms with Crippen LogP contribution in [-0.4, -0.2) is 44.0 Å². The maximum absolute atomic E-state index is 11.3. The van der Waals surface area contributed by atoms with Gasteiger partial charge in [-0.3, -0.25) is 0 Å². The lowest BCUT2D eigenvalue weighted by Crippen LogP contribution is -2.46. The van der Waals surface area contributed by atoms with Crippen molar-refractivity contribution < 1.29 is 19.6 Å². The largest absolute Gasteiger partial charge is 0.490 e. The van der Waals surface area contributed by atoms with E-state index in [0.29, 0.717) is 0 Å². The smallest absolute Gasteiger partial charge is 0.479 e. The molecule has 0 unspecified atom stereocenters. The first-order chi connectivity index (χ1) is 8.06. The molecule has 1 saturated heterocycles. The standard InChI is InChI=1S/C8H10N4O5/c13-6(14)8(1-3-17-4-2-8)11-5-9-7(10-11)12(15)16/h5H,1-4H2,(H,13,14). The summed E-state index contributed by atoms with van der Waals surface area (Å²) in [5.74, 6) is -1.68. The second kappa shape index (κ2) is 4.09. The average Bonchev–Trinajstić information content (AvgIpc) is 2.79. The molecular formula is C8H10N4O5. The van der Waals surface area contributed by atoms with Gasteiger partial charge in [-0.25, -0.2) is 4.79 Å². The number of carbonyl (C=O) groups is 1. The first-order valence-corrected chi connectivity index (χ1v) is 4.94. The van der Waals surface area contributed by atoms with Crippen LogP contribution in [0.15, 0.2) is 6.33 Å². The molecule has 1 N–H and O–H groups in total. The summed E-state index contributed by atoms with van der Waals surface area (Å²) in [5.41, 5.74) is -1.29. The molecule has 92 valence electrons. The van der Waals surface area contributed by atoms with Gasteiger partial charge in [0.25, 0.3) is 0 Å². The predicted octanol–water partition coefficient (Wildman–Crippen LogP) is -0.223. The minimum atomic E-state index is -1.29. The fourth-order valence-electron chi connectivity index (χ4n) is 1.79. The van der Waals surface area contributed by atoms with E-state index < -0.39 is 22.4 Å². The number of ether oxygens (including phenoxy) is 1. The van der Waals surface area contributed by atoms with Gasteiger partial charge >= 0.3 is 11.9 Å². The highest BCUT2D eigenvalue weighted by atomic mass is 16.6. The minimum Gasteiger partial charge on any atom is -0.479 e. The molecule has 0 saturated carbocycles. The zero-order valence-corrected chi connectivity index (χ0v) is 8.77. The SMILES string of the molecule is O=C(O)C1(n2cnc([N+](=O)[O-])n2)CCOCC1. The van der Waals surface area contributed by atoms with Crippen LogP contribution < -0.4 is 0 Å². The van der Waals surface area contributed by atoms with E-state index in [1.165, 1.54) is 0 Å². The Hall–Kier alpha value is -2.03. The van der Waals surface area contributed by atoms with E-state index in [9.17, 15) is 20.0 Å². The molecule has 1 aromatic rings. The molecule has 17 heavy (non-hydrogen) atoms. The number of aliphatic carboxylic acids is 1. The van der Waals surface area contributed by atoms with Gasteiger partial charge in [0.2, 0.25) is 6.33 Å². The fraction of sp³-hybridized carbons (Fsp3) is 0.625. The predicted molar refractivity (Wildman–Crippen MR) is 52.3 cm³/mol. The fourth-order valence-corrected chi connectivity index (χ4v) is 1.79. The topological polar surface area (TPSA) is 120 Å². The highest BCUT2D eigenvalue weighted by Gasteiger charge is 2.45. The summed E-state index contributed by atoms with van der Waals surface area (Å²) < 4.78 is 6.14. The van der Waals surface area contributed by atoms with Gasteiger partial charge in [0, 0.05) is 31.2 Å². The van der Waals surface area contributed by atoms with Crippen LogP contribution in [0.2, 0.25) is 0 Å². The van der Waals surface area contributed by atoms with Gasteiger partial charge in [-0.1, -0.05) is 4.98 Å². The highest BCUT2D eigenvalue weighted by molar-refractivity contribution is 5.76. The van der Waals surface area contributed by atoms with Crippen LogP contribution in [0.5, 0.6) is 0 Å². The first-order valence-electron chi connectivity index (χ1n) is 4.94. The van der Waals surface area contributed by atoms with Gasteiger partial charge in [-0.15, -0.1) is 0 Å². The number of carboxylic acids is 1. The Labute approximate surface area is 95.2 Å². The van der Waals surface area contributed by atoms with Crippen molar-refractivity contribution in [3.63, 3.8) is 0 Å². The van der Waals surface area contributed by atoms with Crippen LogP contribution in [0.3, 0.4) is 0 Å². The van der Waals surface area contributed by atoms with Crippen molar-refractivity contribution in [1.82, 2.24) is 14.8 Å². The number of hydrogen-bond acceptors (Lipinski definition) is 6. The summed E-state index contributed by atoms with van der Waals surface area (Å²) in [4.78, 5) is 24.5. The van der Waals surface area contributed by atoms with Gasteiger partial charge in [-0.2, -0.15) is 4.68 Å². The number of nitro groups is 1. The van der Waals surface area contributed by atoms with E-state index in [-0.39, 0.29) is 26.1 Å². The summed E-state index contributed by atoms with van der Waals surface area (Å²) >= 11 is 0. The number of hydrogen-bond donors (Lipinski definition) is 1. The summed E-state index contributed by atoms with van der Waals surface area (Å²) in [6.45, 7) is 0.555. The molecule has 0 aliphatic carbocycles. The Morgan fingerprint density at radius 1 is 1.59 bits per heavy atom. The van der Waals surface area contributed by atoms with E-state index in [1.807, 2.05) is 0 Å². The van der Waals surface area contributed by atoms with E-state index in [2.05, 4.69) is 10.1 Å². The van der Waals surface area contributed by atoms with E-state index in [1.54, 1.807) is 0 Å². The molecular weight excluding hydrogens is 232 g/mol. The second-order valence-electron chi connectivity index (χ2n) is 3.70. The molecule has 1 aromatic heterocycles. The van der Waals surface area contributed by atoms with Crippen LogP contribution in [0.4, 0.5) is 5.95 Å². The highest BCUT2D eigenvalue weighted by Crippen LogP contribution is 2.29. The van der Waals surface area contributed by atoms with Gasteiger partial charge < -0.3 is 20.0 Å². The van der Waals surface area contributed by atoms with Crippen LogP contribution >= 0.6 is 0 Å². The van der Waals surface area contributed by atoms with E-state index in [0.717, 1.165) is 11.0 Å². The van der Waals surface area contributed by atoms with E-state index >= 15 is 0 Å². The maximum Gasteiger partial charge on any atom is 0.490 e. The Morgan fingerprint density at radius 3 is 2.71 bits per heavy atom. The maximum atomic E-state index is 11.3. The van der Waals surface area contributed by atoms with Crippen molar-refractivity contribution in [3.05, 3.63) is 16.4 Å². The molecule has 1 fully saturated rings. The van der Waals surface area contributed by atoms with Crippen molar-refractivity contribution in [3.8, 4) is 0 Å². The lowest BCUT2D eigenvalue weighted by molar-refractivity contribution is -0.394. The van der Waals surface area contributed by atoms with Crippen LogP contribution in [0, 0.1) is 10.1 Å². The third kappa shape index (κ3) is 1.84. The monoisotopic (exact) mass is 242 g/mol. The van der Waals surface area contributed by atoms with Gasteiger partial charge in [0.1, 0.15) is 0 Å². The Morgan fingerprint density at radius 2 is 2.24 bits per heavy atom. The molecule has 0 spiro atoms. The molecule has 1 aliphatic rings. The summed E-state index contributed by atoms with van der Waals surface area (Å²) in [7, 11) is 0. The first kappa shape index (κ1) is 11.5. The number of aromatic nitrogens is 3. The van der Waals surface area contributed by atoms with Crippen molar-refractivity contribution in [1.29, 1.82) is 0 Å². The molecule has 1 aliphatic heterocycles. The Kier molecular flexibility index (Phi) is 2.76. The van der Waals surface area contributed by atoms with Gasteiger partial charge in [-0.05, 0) is 4.92 Å². The van der Waals surface area contributed by atoms with Crippen LogP contribution in [-0.2, 0) is 15.1 Å². The zero-order chi connectivity index (χ0) is 12.5. The summed E-state index contributed by atoms with van der Waals surface area (Å²) in [6.07, 6.45) is 1.50. The molecule has 0 bridgehead atoms. The summed E-state index contributed by atoms with van der Waals surface area (Å²) in [6, 6.07) is 0.